The van der Waals surface area contributed by atoms with E-state index in [1.54, 1.807) is 36.9 Å². The number of nitrogens with zero attached hydrogens (tertiary/aromatic N) is 4. The Bertz CT molecular complexity index is 1830. The Balaban J connectivity index is 1.22. The zero-order valence-corrected chi connectivity index (χ0v) is 23.8. The molecule has 0 radical (unpaired) electrons. The number of aryl methyl sites for hydroxylation is 2. The van der Waals surface area contributed by atoms with Crippen LogP contribution in [0, 0.1) is 13.8 Å². The van der Waals surface area contributed by atoms with E-state index in [0.717, 1.165) is 51.8 Å². The number of benzene rings is 2. The number of aromatic nitrogens is 4. The van der Waals surface area contributed by atoms with Crippen LogP contribution >= 0.6 is 11.3 Å². The fourth-order valence-electron chi connectivity index (χ4n) is 4.63. The molecular formula is C31H28F3N7S. The molecule has 1 fully saturated rings. The minimum Gasteiger partial charge on any atom is -0.366 e. The number of halogens is 3. The normalized spacial score (nSPS) is 13.3. The molecule has 0 amide bonds. The molecule has 0 atom stereocenters. The molecule has 1 aliphatic carbocycles. The summed E-state index contributed by atoms with van der Waals surface area (Å²) in [6.07, 6.45) is 2.23. The van der Waals surface area contributed by atoms with Gasteiger partial charge in [0.25, 0.3) is 0 Å². The maximum absolute atomic E-state index is 14.0. The van der Waals surface area contributed by atoms with E-state index >= 15 is 0 Å². The van der Waals surface area contributed by atoms with E-state index < -0.39 is 11.7 Å². The van der Waals surface area contributed by atoms with E-state index in [1.165, 1.54) is 17.0 Å². The molecule has 7 nitrogen and oxygen atoms in total. The summed E-state index contributed by atoms with van der Waals surface area (Å²) in [5, 5.41) is 12.0. The molecule has 0 aliphatic heterocycles. The molecule has 0 unspecified atom stereocenters. The fraction of sp³-hybridized carbons (Fsp3) is 0.194. The van der Waals surface area contributed by atoms with Crippen molar-refractivity contribution in [2.45, 2.75) is 38.9 Å². The van der Waals surface area contributed by atoms with Gasteiger partial charge in [-0.25, -0.2) is 15.0 Å². The number of hydrogen-bond acceptors (Lipinski definition) is 7. The van der Waals surface area contributed by atoms with Crippen LogP contribution in [0.15, 0.2) is 73.8 Å². The van der Waals surface area contributed by atoms with E-state index in [-0.39, 0.29) is 5.69 Å². The number of anilines is 3. The summed E-state index contributed by atoms with van der Waals surface area (Å²) in [4.78, 5) is 13.0. The molecule has 3 aromatic heterocycles. The predicted molar refractivity (Wildman–Crippen MR) is 164 cm³/mol. The third-order valence-electron chi connectivity index (χ3n) is 7.06. The van der Waals surface area contributed by atoms with Gasteiger partial charge in [-0.15, -0.1) is 11.3 Å². The highest BCUT2D eigenvalue weighted by atomic mass is 32.1. The van der Waals surface area contributed by atoms with Crippen LogP contribution in [0.1, 0.15) is 40.8 Å². The Labute approximate surface area is 244 Å². The number of alkyl halides is 3. The number of hydrogen-bond donors (Lipinski definition) is 3. The molecule has 3 N–H and O–H groups in total. The van der Waals surface area contributed by atoms with E-state index in [4.69, 9.17) is 0 Å². The fourth-order valence-corrected chi connectivity index (χ4v) is 5.62. The summed E-state index contributed by atoms with van der Waals surface area (Å²) in [5.41, 5.74) is 5.32. The van der Waals surface area contributed by atoms with Crippen molar-refractivity contribution in [2.75, 3.05) is 16.0 Å². The molecule has 3 heterocycles. The molecule has 5 aromatic rings. The van der Waals surface area contributed by atoms with Gasteiger partial charge < -0.3 is 20.5 Å². The summed E-state index contributed by atoms with van der Waals surface area (Å²) >= 11 is 1.57. The summed E-state index contributed by atoms with van der Waals surface area (Å²) in [6, 6.07) is 10.3. The molecule has 6 rings (SSSR count). The van der Waals surface area contributed by atoms with E-state index in [9.17, 15) is 13.2 Å². The standard InChI is InChI=1S/C31H28F3N7S/c1-17-5-7-23(38-19(3)21-6-10-27(25(11-21)31(32,33)34)41-13-18(2)37-16-41)12-26(17)39-20(4)24-14-42-29-28(24)35-15-36-30(29)40-22-8-9-22/h5-7,10-16,22,38-39H,3-4,8-9H2,1-2H3,(H,35,36,40). The van der Waals surface area contributed by atoms with Crippen LogP contribution in [0.4, 0.5) is 30.4 Å². The third-order valence-corrected chi connectivity index (χ3v) is 8.03. The number of nitrogens with one attached hydrogen (secondary N) is 3. The second-order valence-corrected chi connectivity index (χ2v) is 11.2. The van der Waals surface area contributed by atoms with Crippen LogP contribution in [0.2, 0.25) is 0 Å². The first kappa shape index (κ1) is 27.5. The van der Waals surface area contributed by atoms with Gasteiger partial charge in [-0.2, -0.15) is 13.2 Å². The zero-order chi connectivity index (χ0) is 29.6. The largest absolute Gasteiger partial charge is 0.418 e. The molecule has 1 aliphatic rings. The smallest absolute Gasteiger partial charge is 0.366 e. The Kier molecular flexibility index (Phi) is 6.97. The second-order valence-electron chi connectivity index (χ2n) is 10.4. The van der Waals surface area contributed by atoms with Crippen molar-refractivity contribution in [1.82, 2.24) is 19.5 Å². The molecular weight excluding hydrogens is 559 g/mol. The monoisotopic (exact) mass is 587 g/mol. The highest BCUT2D eigenvalue weighted by Crippen LogP contribution is 2.37. The van der Waals surface area contributed by atoms with Crippen LogP contribution < -0.4 is 16.0 Å². The number of fused-ring (bicyclic) bond motifs is 1. The van der Waals surface area contributed by atoms with Gasteiger partial charge in [-0.3, -0.25) is 0 Å². The minimum atomic E-state index is -4.56. The predicted octanol–water partition coefficient (Wildman–Crippen LogP) is 8.25. The Morgan fingerprint density at radius 2 is 1.81 bits per heavy atom. The van der Waals surface area contributed by atoms with Gasteiger partial charge in [0.2, 0.25) is 0 Å². The maximum Gasteiger partial charge on any atom is 0.418 e. The van der Waals surface area contributed by atoms with Crippen molar-refractivity contribution in [1.29, 1.82) is 0 Å². The summed E-state index contributed by atoms with van der Waals surface area (Å²) in [5.74, 6) is 0.842. The molecule has 0 bridgehead atoms. The Morgan fingerprint density at radius 3 is 2.52 bits per heavy atom. The quantitative estimate of drug-likeness (QED) is 0.161. The maximum atomic E-state index is 14.0. The van der Waals surface area contributed by atoms with Crippen molar-refractivity contribution in [3.05, 3.63) is 102 Å². The number of thiophene rings is 1. The molecule has 2 aromatic carbocycles. The first-order valence-corrected chi connectivity index (χ1v) is 14.2. The van der Waals surface area contributed by atoms with Gasteiger partial charge in [-0.1, -0.05) is 25.3 Å². The third kappa shape index (κ3) is 5.60. The van der Waals surface area contributed by atoms with Crippen LogP contribution in [-0.4, -0.2) is 25.6 Å². The van der Waals surface area contributed by atoms with Gasteiger partial charge >= 0.3 is 6.18 Å². The molecule has 42 heavy (non-hydrogen) atoms. The number of imidazole rings is 1. The van der Waals surface area contributed by atoms with Gasteiger partial charge in [-0.05, 0) is 62.1 Å². The van der Waals surface area contributed by atoms with E-state index in [1.807, 2.05) is 30.5 Å². The average molecular weight is 588 g/mol. The molecule has 0 spiro atoms. The highest BCUT2D eigenvalue weighted by Gasteiger charge is 2.34. The molecule has 11 heteroatoms. The lowest BCUT2D eigenvalue weighted by atomic mass is 10.1. The Morgan fingerprint density at radius 1 is 1.00 bits per heavy atom. The van der Waals surface area contributed by atoms with Crippen molar-refractivity contribution >= 4 is 50.1 Å². The highest BCUT2D eigenvalue weighted by molar-refractivity contribution is 7.18. The average Bonchev–Trinajstić information content (AvgIpc) is 3.48. The van der Waals surface area contributed by atoms with E-state index in [0.29, 0.717) is 34.4 Å². The van der Waals surface area contributed by atoms with Crippen molar-refractivity contribution in [3.63, 3.8) is 0 Å². The Hall–Kier alpha value is -4.64. The molecule has 0 saturated heterocycles. The second kappa shape index (κ2) is 10.6. The van der Waals surface area contributed by atoms with Crippen LogP contribution in [0.3, 0.4) is 0 Å². The number of rotatable bonds is 9. The SMILES string of the molecule is C=C(Nc1ccc(C)c(NC(=C)c2csc3c(NC4CC4)ncnc23)c1)c1ccc(-n2cnc(C)c2)c(C(F)(F)F)c1. The molecule has 1 saturated carbocycles. The topological polar surface area (TPSA) is 79.7 Å². The minimum absolute atomic E-state index is 0.00153. The first-order valence-electron chi connectivity index (χ1n) is 13.3. The van der Waals surface area contributed by atoms with Gasteiger partial charge in [0.15, 0.2) is 0 Å². The van der Waals surface area contributed by atoms with Gasteiger partial charge in [0, 0.05) is 46.0 Å². The lowest BCUT2D eigenvalue weighted by molar-refractivity contribution is -0.137. The van der Waals surface area contributed by atoms with Crippen molar-refractivity contribution < 1.29 is 13.2 Å². The summed E-state index contributed by atoms with van der Waals surface area (Å²) < 4.78 is 44.4. The van der Waals surface area contributed by atoms with Crippen LogP contribution in [0.5, 0.6) is 0 Å². The first-order chi connectivity index (χ1) is 20.1. The molecule has 214 valence electrons. The summed E-state index contributed by atoms with van der Waals surface area (Å²) in [7, 11) is 0. The van der Waals surface area contributed by atoms with Gasteiger partial charge in [0.1, 0.15) is 12.1 Å². The lowest BCUT2D eigenvalue weighted by Crippen LogP contribution is -2.11. The zero-order valence-electron chi connectivity index (χ0n) is 23.0. The van der Waals surface area contributed by atoms with Crippen molar-refractivity contribution in [2.24, 2.45) is 0 Å². The van der Waals surface area contributed by atoms with Gasteiger partial charge in [0.05, 0.1) is 33.5 Å². The summed E-state index contributed by atoms with van der Waals surface area (Å²) in [6.45, 7) is 12.0. The lowest BCUT2D eigenvalue weighted by Gasteiger charge is -2.18. The van der Waals surface area contributed by atoms with Crippen LogP contribution in [0.25, 0.3) is 27.3 Å². The van der Waals surface area contributed by atoms with Crippen LogP contribution in [-0.2, 0) is 6.18 Å². The van der Waals surface area contributed by atoms with E-state index in [2.05, 4.69) is 44.1 Å². The van der Waals surface area contributed by atoms with Crippen molar-refractivity contribution in [3.8, 4) is 5.69 Å².